The van der Waals surface area contributed by atoms with Crippen molar-refractivity contribution in [3.63, 3.8) is 0 Å². The minimum absolute atomic E-state index is 0.202. The van der Waals surface area contributed by atoms with Crippen LogP contribution >= 0.6 is 11.3 Å². The molecule has 2 rings (SSSR count). The molecule has 1 saturated heterocycles. The minimum Gasteiger partial charge on any atom is -0.347 e. The molecule has 0 radical (unpaired) electrons. The molecule has 1 aromatic rings. The smallest absolute Gasteiger partial charge is 0.253 e. The third-order valence-corrected chi connectivity index (χ3v) is 6.26. The first-order valence-corrected chi connectivity index (χ1v) is 8.24. The Morgan fingerprint density at radius 3 is 2.84 bits per heavy atom. The number of hydrogen-bond acceptors (Lipinski definition) is 5. The van der Waals surface area contributed by atoms with Gasteiger partial charge in [-0.25, -0.2) is 8.42 Å². The maximum Gasteiger partial charge on any atom is 0.253 e. The Morgan fingerprint density at radius 2 is 2.26 bits per heavy atom. The van der Waals surface area contributed by atoms with Crippen molar-refractivity contribution in [1.29, 1.82) is 0 Å². The molecule has 0 saturated carbocycles. The highest BCUT2D eigenvalue weighted by atomic mass is 32.2. The van der Waals surface area contributed by atoms with Crippen LogP contribution in [0.25, 0.3) is 0 Å². The summed E-state index contributed by atoms with van der Waals surface area (Å²) in [6.07, 6.45) is 0. The van der Waals surface area contributed by atoms with Crippen molar-refractivity contribution in [3.05, 3.63) is 17.5 Å². The van der Waals surface area contributed by atoms with Crippen molar-refractivity contribution in [2.45, 2.75) is 10.3 Å². The van der Waals surface area contributed by atoms with Gasteiger partial charge in [-0.15, -0.1) is 11.3 Å². The summed E-state index contributed by atoms with van der Waals surface area (Å²) in [4.78, 5) is 13.5. The van der Waals surface area contributed by atoms with Crippen LogP contribution in [0, 0.1) is 0 Å². The average molecular weight is 303 g/mol. The lowest BCUT2D eigenvalue weighted by atomic mass is 10.2. The summed E-state index contributed by atoms with van der Waals surface area (Å²) in [5.74, 6) is -0.202. The van der Waals surface area contributed by atoms with Crippen molar-refractivity contribution < 1.29 is 13.2 Å². The highest BCUT2D eigenvalue weighted by Crippen LogP contribution is 2.23. The van der Waals surface area contributed by atoms with Gasteiger partial charge in [0.15, 0.2) is 0 Å². The number of nitrogens with one attached hydrogen (secondary N) is 1. The van der Waals surface area contributed by atoms with Crippen LogP contribution in [0.4, 0.5) is 0 Å². The first-order chi connectivity index (χ1) is 8.94. The average Bonchev–Trinajstić information content (AvgIpc) is 2.92. The second-order valence-electron chi connectivity index (χ2n) is 4.50. The molecule has 0 aromatic carbocycles. The summed E-state index contributed by atoms with van der Waals surface area (Å²) in [5.41, 5.74) is 0. The molecule has 1 atom stereocenters. The Kier molecular flexibility index (Phi) is 4.24. The van der Waals surface area contributed by atoms with E-state index in [1.165, 1.54) is 20.5 Å². The first-order valence-electron chi connectivity index (χ1n) is 5.92. The molecule has 6 nitrogen and oxygen atoms in total. The Balaban J connectivity index is 2.33. The predicted molar refractivity (Wildman–Crippen MR) is 73.6 cm³/mol. The van der Waals surface area contributed by atoms with Crippen LogP contribution in [0.5, 0.6) is 0 Å². The maximum atomic E-state index is 12.5. The zero-order chi connectivity index (χ0) is 14.0. The van der Waals surface area contributed by atoms with Crippen LogP contribution in [-0.4, -0.2) is 63.3 Å². The molecule has 1 aliphatic rings. The molecule has 1 N–H and O–H groups in total. The Hall–Kier alpha value is -0.960. The number of thiophene rings is 1. The number of piperazine rings is 1. The first kappa shape index (κ1) is 14.4. The van der Waals surface area contributed by atoms with Crippen LogP contribution in [-0.2, 0) is 14.8 Å². The molecular weight excluding hydrogens is 286 g/mol. The van der Waals surface area contributed by atoms with E-state index in [1.807, 2.05) is 0 Å². The van der Waals surface area contributed by atoms with Crippen LogP contribution in [0.3, 0.4) is 0 Å². The number of amides is 1. The Bertz CT molecular complexity index is 540. The number of sulfonamides is 1. The summed E-state index contributed by atoms with van der Waals surface area (Å²) in [6.45, 7) is 1.22. The lowest BCUT2D eigenvalue weighted by Crippen LogP contribution is -2.59. The molecule has 1 fully saturated rings. The molecular formula is C11H17N3O3S2. The molecule has 0 bridgehead atoms. The Labute approximate surface area is 117 Å². The number of carbonyl (C=O) groups is 1. The molecule has 1 aliphatic heterocycles. The molecule has 2 heterocycles. The number of carbonyl (C=O) groups excluding carboxylic acids is 1. The molecule has 0 aliphatic carbocycles. The third kappa shape index (κ3) is 2.81. The molecule has 0 spiro atoms. The number of rotatable bonds is 3. The van der Waals surface area contributed by atoms with Crippen LogP contribution in [0.2, 0.25) is 0 Å². The van der Waals surface area contributed by atoms with Gasteiger partial charge in [-0.3, -0.25) is 4.79 Å². The highest BCUT2D eigenvalue weighted by molar-refractivity contribution is 7.91. The SMILES string of the molecule is CN(C)C(=O)C1CNCCN1S(=O)(=O)c1cccs1. The van der Waals surface area contributed by atoms with E-state index >= 15 is 0 Å². The second-order valence-corrected chi connectivity index (χ2v) is 7.57. The van der Waals surface area contributed by atoms with E-state index in [-0.39, 0.29) is 10.1 Å². The van der Waals surface area contributed by atoms with Gasteiger partial charge >= 0.3 is 0 Å². The van der Waals surface area contributed by atoms with Crippen molar-refractivity contribution in [2.24, 2.45) is 0 Å². The Morgan fingerprint density at radius 1 is 1.53 bits per heavy atom. The molecule has 19 heavy (non-hydrogen) atoms. The van der Waals surface area contributed by atoms with Gasteiger partial charge in [-0.1, -0.05) is 6.07 Å². The van der Waals surface area contributed by atoms with Gasteiger partial charge in [0.2, 0.25) is 5.91 Å². The van der Waals surface area contributed by atoms with Crippen molar-refractivity contribution in [3.8, 4) is 0 Å². The van der Waals surface area contributed by atoms with Crippen molar-refractivity contribution in [2.75, 3.05) is 33.7 Å². The van der Waals surface area contributed by atoms with Gasteiger partial charge in [0, 0.05) is 33.7 Å². The molecule has 1 unspecified atom stereocenters. The van der Waals surface area contributed by atoms with Gasteiger partial charge in [0.25, 0.3) is 10.0 Å². The zero-order valence-corrected chi connectivity index (χ0v) is 12.5. The van der Waals surface area contributed by atoms with Gasteiger partial charge in [-0.2, -0.15) is 4.31 Å². The van der Waals surface area contributed by atoms with Gasteiger partial charge in [-0.05, 0) is 11.4 Å². The van der Waals surface area contributed by atoms with E-state index in [9.17, 15) is 13.2 Å². The topological polar surface area (TPSA) is 69.7 Å². The number of nitrogens with zero attached hydrogens (tertiary/aromatic N) is 2. The van der Waals surface area contributed by atoms with Crippen LogP contribution < -0.4 is 5.32 Å². The molecule has 1 aromatic heterocycles. The third-order valence-electron chi connectivity index (χ3n) is 2.98. The fourth-order valence-electron chi connectivity index (χ4n) is 2.01. The van der Waals surface area contributed by atoms with Gasteiger partial charge in [0.1, 0.15) is 10.3 Å². The minimum atomic E-state index is -3.58. The van der Waals surface area contributed by atoms with E-state index in [4.69, 9.17) is 0 Å². The molecule has 8 heteroatoms. The summed E-state index contributed by atoms with van der Waals surface area (Å²) in [7, 11) is -0.318. The van der Waals surface area contributed by atoms with Crippen molar-refractivity contribution >= 4 is 27.3 Å². The zero-order valence-electron chi connectivity index (χ0n) is 10.9. The maximum absolute atomic E-state index is 12.5. The van der Waals surface area contributed by atoms with Crippen LogP contribution in [0.1, 0.15) is 0 Å². The lowest BCUT2D eigenvalue weighted by molar-refractivity contribution is -0.133. The monoisotopic (exact) mass is 303 g/mol. The summed E-state index contributed by atoms with van der Waals surface area (Å²) < 4.78 is 26.6. The second kappa shape index (κ2) is 5.58. The summed E-state index contributed by atoms with van der Waals surface area (Å²) >= 11 is 1.17. The fraction of sp³-hybridized carbons (Fsp3) is 0.545. The van der Waals surface area contributed by atoms with E-state index in [0.717, 1.165) is 0 Å². The van der Waals surface area contributed by atoms with Gasteiger partial charge in [0.05, 0.1) is 0 Å². The standard InChI is InChI=1S/C11H17N3O3S2/c1-13(2)11(15)9-8-12-5-6-14(9)19(16,17)10-4-3-7-18-10/h3-4,7,9,12H,5-6,8H2,1-2H3. The number of hydrogen-bond donors (Lipinski definition) is 1. The molecule has 106 valence electrons. The fourth-order valence-corrected chi connectivity index (χ4v) is 4.71. The van der Waals surface area contributed by atoms with E-state index in [0.29, 0.717) is 19.6 Å². The van der Waals surface area contributed by atoms with Crippen LogP contribution in [0.15, 0.2) is 21.7 Å². The van der Waals surface area contributed by atoms with Gasteiger partial charge < -0.3 is 10.2 Å². The normalized spacial score (nSPS) is 21.3. The van der Waals surface area contributed by atoms with E-state index in [2.05, 4.69) is 5.32 Å². The van der Waals surface area contributed by atoms with E-state index in [1.54, 1.807) is 31.6 Å². The van der Waals surface area contributed by atoms with E-state index < -0.39 is 16.1 Å². The predicted octanol–water partition coefficient (Wildman–Crippen LogP) is -0.201. The number of likely N-dealkylation sites (N-methyl/N-ethyl adjacent to an activating group) is 1. The summed E-state index contributed by atoms with van der Waals surface area (Å²) in [6, 6.07) is 2.60. The largest absolute Gasteiger partial charge is 0.347 e. The quantitative estimate of drug-likeness (QED) is 0.839. The highest BCUT2D eigenvalue weighted by Gasteiger charge is 2.38. The summed E-state index contributed by atoms with van der Waals surface area (Å²) in [5, 5.41) is 4.79. The van der Waals surface area contributed by atoms with Crippen molar-refractivity contribution in [1.82, 2.24) is 14.5 Å². The lowest BCUT2D eigenvalue weighted by Gasteiger charge is -2.35. The molecule has 1 amide bonds.